The molecule has 0 aliphatic carbocycles. The Morgan fingerprint density at radius 3 is 2.63 bits per heavy atom. The van der Waals surface area contributed by atoms with Crippen molar-refractivity contribution in [2.75, 3.05) is 39.6 Å². The van der Waals surface area contributed by atoms with Crippen molar-refractivity contribution in [3.8, 4) is 16.9 Å². The van der Waals surface area contributed by atoms with E-state index in [2.05, 4.69) is 24.3 Å². The van der Waals surface area contributed by atoms with Crippen LogP contribution in [0.3, 0.4) is 0 Å². The van der Waals surface area contributed by atoms with Gasteiger partial charge in [0.25, 0.3) is 11.8 Å². The van der Waals surface area contributed by atoms with Crippen molar-refractivity contribution in [1.82, 2.24) is 14.4 Å². The molecule has 35 heavy (non-hydrogen) atoms. The molecule has 3 heterocycles. The highest BCUT2D eigenvalue weighted by Gasteiger charge is 2.30. The number of anilines is 1. The number of aryl methyl sites for hydroxylation is 1. The van der Waals surface area contributed by atoms with E-state index in [9.17, 15) is 9.59 Å². The van der Waals surface area contributed by atoms with E-state index >= 15 is 0 Å². The third-order valence-electron chi connectivity index (χ3n) is 6.97. The summed E-state index contributed by atoms with van der Waals surface area (Å²) in [6, 6.07) is 16.0. The lowest BCUT2D eigenvalue weighted by atomic mass is 9.95. The predicted octanol–water partition coefficient (Wildman–Crippen LogP) is 4.20. The summed E-state index contributed by atoms with van der Waals surface area (Å²) in [7, 11) is 5.74. The second-order valence-corrected chi connectivity index (χ2v) is 9.39. The SMILES string of the molecule is COc1ccc(-c2cccc3c2C(=Cn2cc(C(=O)N4CC[C@H](N(C)C)C4)cc2C)C(=O)N3)cc1. The zero-order valence-corrected chi connectivity index (χ0v) is 20.5. The van der Waals surface area contributed by atoms with E-state index in [4.69, 9.17) is 4.74 Å². The second kappa shape index (κ2) is 9.07. The number of rotatable bonds is 5. The summed E-state index contributed by atoms with van der Waals surface area (Å²) in [6.45, 7) is 3.44. The molecule has 2 aromatic carbocycles. The molecule has 0 radical (unpaired) electrons. The van der Waals surface area contributed by atoms with Gasteiger partial charge in [-0.3, -0.25) is 9.59 Å². The van der Waals surface area contributed by atoms with Crippen LogP contribution in [-0.2, 0) is 4.79 Å². The summed E-state index contributed by atoms with van der Waals surface area (Å²) in [5.74, 6) is 0.654. The van der Waals surface area contributed by atoms with Crippen LogP contribution >= 0.6 is 0 Å². The van der Waals surface area contributed by atoms with Gasteiger partial charge in [0.15, 0.2) is 0 Å². The fourth-order valence-corrected chi connectivity index (χ4v) is 4.90. The number of carbonyl (C=O) groups excluding carboxylic acids is 2. The number of benzene rings is 2. The minimum Gasteiger partial charge on any atom is -0.497 e. The normalized spacial score (nSPS) is 18.3. The fourth-order valence-electron chi connectivity index (χ4n) is 4.90. The molecule has 3 aromatic rings. The third-order valence-corrected chi connectivity index (χ3v) is 6.97. The first kappa shape index (κ1) is 22.9. The monoisotopic (exact) mass is 470 g/mol. The highest BCUT2D eigenvalue weighted by atomic mass is 16.5. The molecule has 7 heteroatoms. The Hall–Kier alpha value is -3.84. The van der Waals surface area contributed by atoms with Crippen molar-refractivity contribution in [3.63, 3.8) is 0 Å². The van der Waals surface area contributed by atoms with E-state index in [1.807, 2.05) is 77.3 Å². The van der Waals surface area contributed by atoms with Crippen molar-refractivity contribution >= 4 is 29.3 Å². The number of likely N-dealkylation sites (tertiary alicyclic amines) is 1. The largest absolute Gasteiger partial charge is 0.497 e. The Kier molecular flexibility index (Phi) is 5.94. The van der Waals surface area contributed by atoms with Gasteiger partial charge in [0.05, 0.1) is 18.2 Å². The molecule has 0 unspecified atom stereocenters. The molecule has 1 fully saturated rings. The standard InChI is InChI=1S/C28H30N4O3/c1-18-14-20(28(34)31-13-12-21(16-31)30(2)3)15-32(18)17-24-26-23(6-5-7-25(26)29-27(24)33)19-8-10-22(35-4)11-9-19/h5-11,14-15,17,21H,12-13,16H2,1-4H3,(H,29,33)/t21-/m0/s1. The average molecular weight is 471 g/mol. The summed E-state index contributed by atoms with van der Waals surface area (Å²) in [6.07, 6.45) is 4.63. The molecular formula is C28H30N4O3. The van der Waals surface area contributed by atoms with E-state index in [-0.39, 0.29) is 11.8 Å². The van der Waals surface area contributed by atoms with E-state index in [1.165, 1.54) is 0 Å². The van der Waals surface area contributed by atoms with Gasteiger partial charge in [0.2, 0.25) is 0 Å². The Morgan fingerprint density at radius 2 is 1.94 bits per heavy atom. The molecule has 2 aliphatic rings. The number of hydrogen-bond donors (Lipinski definition) is 1. The lowest BCUT2D eigenvalue weighted by Gasteiger charge is -2.20. The van der Waals surface area contributed by atoms with Crippen LogP contribution in [0.5, 0.6) is 5.75 Å². The summed E-state index contributed by atoms with van der Waals surface area (Å²) >= 11 is 0. The van der Waals surface area contributed by atoms with E-state index in [1.54, 1.807) is 7.11 Å². The highest BCUT2D eigenvalue weighted by molar-refractivity contribution is 6.35. The minimum absolute atomic E-state index is 0.0322. The first-order chi connectivity index (χ1) is 16.9. The van der Waals surface area contributed by atoms with Crippen LogP contribution in [-0.4, -0.2) is 66.5 Å². The lowest BCUT2D eigenvalue weighted by molar-refractivity contribution is -0.110. The van der Waals surface area contributed by atoms with Gasteiger partial charge in [-0.25, -0.2) is 0 Å². The number of hydrogen-bond acceptors (Lipinski definition) is 4. The van der Waals surface area contributed by atoms with Crippen LogP contribution in [0.2, 0.25) is 0 Å². The van der Waals surface area contributed by atoms with Gasteiger partial charge in [-0.1, -0.05) is 24.3 Å². The third kappa shape index (κ3) is 4.23. The second-order valence-electron chi connectivity index (χ2n) is 9.39. The van der Waals surface area contributed by atoms with Gasteiger partial charge in [-0.05, 0) is 62.8 Å². The van der Waals surface area contributed by atoms with Crippen molar-refractivity contribution in [3.05, 3.63) is 71.5 Å². The quantitative estimate of drug-likeness (QED) is 0.568. The maximum atomic E-state index is 13.2. The average Bonchev–Trinajstić information content (AvgIpc) is 3.57. The highest BCUT2D eigenvalue weighted by Crippen LogP contribution is 2.40. The van der Waals surface area contributed by atoms with Gasteiger partial charge < -0.3 is 24.4 Å². The number of nitrogens with one attached hydrogen (secondary N) is 1. The Morgan fingerprint density at radius 1 is 1.17 bits per heavy atom. The molecule has 1 N–H and O–H groups in total. The Balaban J connectivity index is 1.48. The number of likely N-dealkylation sites (N-methyl/N-ethyl adjacent to an activating group) is 1. The van der Waals surface area contributed by atoms with E-state index in [0.29, 0.717) is 17.2 Å². The van der Waals surface area contributed by atoms with Gasteiger partial charge >= 0.3 is 0 Å². The van der Waals surface area contributed by atoms with E-state index < -0.39 is 0 Å². The molecule has 180 valence electrons. The summed E-state index contributed by atoms with van der Waals surface area (Å²) in [4.78, 5) is 30.2. The van der Waals surface area contributed by atoms with Crippen LogP contribution < -0.4 is 10.1 Å². The van der Waals surface area contributed by atoms with Crippen molar-refractivity contribution in [2.24, 2.45) is 0 Å². The van der Waals surface area contributed by atoms with Crippen LogP contribution in [0, 0.1) is 6.92 Å². The molecule has 1 aromatic heterocycles. The predicted molar refractivity (Wildman–Crippen MR) is 138 cm³/mol. The van der Waals surface area contributed by atoms with Crippen molar-refractivity contribution in [1.29, 1.82) is 0 Å². The number of fused-ring (bicyclic) bond motifs is 1. The fraction of sp³-hybridized carbons (Fsp3) is 0.286. The van der Waals surface area contributed by atoms with Crippen LogP contribution in [0.4, 0.5) is 5.69 Å². The Labute approximate surface area is 205 Å². The summed E-state index contributed by atoms with van der Waals surface area (Å²) in [5.41, 5.74) is 5.70. The molecule has 0 saturated carbocycles. The van der Waals surface area contributed by atoms with E-state index in [0.717, 1.165) is 53.3 Å². The molecular weight excluding hydrogens is 440 g/mol. The maximum Gasteiger partial charge on any atom is 0.257 e. The molecule has 2 aliphatic heterocycles. The molecule has 0 spiro atoms. The van der Waals surface area contributed by atoms with Gasteiger partial charge in [0, 0.05) is 48.5 Å². The molecule has 1 saturated heterocycles. The molecule has 2 amide bonds. The number of carbonyl (C=O) groups is 2. The van der Waals surface area contributed by atoms with Crippen molar-refractivity contribution in [2.45, 2.75) is 19.4 Å². The van der Waals surface area contributed by atoms with Crippen LogP contribution in [0.1, 0.15) is 28.0 Å². The number of ether oxygens (including phenoxy) is 1. The number of amides is 2. The summed E-state index contributed by atoms with van der Waals surface area (Å²) < 4.78 is 7.17. The van der Waals surface area contributed by atoms with Crippen molar-refractivity contribution < 1.29 is 14.3 Å². The molecule has 5 rings (SSSR count). The maximum absolute atomic E-state index is 13.2. The van der Waals surface area contributed by atoms with Gasteiger partial charge in [0.1, 0.15) is 5.75 Å². The smallest absolute Gasteiger partial charge is 0.257 e. The van der Waals surface area contributed by atoms with Crippen LogP contribution in [0.15, 0.2) is 54.7 Å². The topological polar surface area (TPSA) is 66.8 Å². The van der Waals surface area contributed by atoms with Crippen LogP contribution in [0.25, 0.3) is 22.9 Å². The molecule has 7 nitrogen and oxygen atoms in total. The first-order valence-electron chi connectivity index (χ1n) is 11.8. The zero-order valence-electron chi connectivity index (χ0n) is 20.5. The number of methoxy groups -OCH3 is 1. The Bertz CT molecular complexity index is 1320. The summed E-state index contributed by atoms with van der Waals surface area (Å²) in [5, 5.41) is 2.98. The first-order valence-corrected chi connectivity index (χ1v) is 11.8. The number of aromatic nitrogens is 1. The molecule has 0 bridgehead atoms. The van der Waals surface area contributed by atoms with Gasteiger partial charge in [-0.2, -0.15) is 0 Å². The number of nitrogens with zero attached hydrogens (tertiary/aromatic N) is 3. The molecule has 1 atom stereocenters. The minimum atomic E-state index is -0.157. The lowest BCUT2D eigenvalue weighted by Crippen LogP contribution is -2.34. The zero-order chi connectivity index (χ0) is 24.7. The van der Waals surface area contributed by atoms with Gasteiger partial charge in [-0.15, -0.1) is 0 Å².